The van der Waals surface area contributed by atoms with E-state index in [2.05, 4.69) is 0 Å². The number of nitrogen functional groups attached to an aromatic ring is 1. The number of hydrogen-bond acceptors (Lipinski definition) is 2. The summed E-state index contributed by atoms with van der Waals surface area (Å²) < 4.78 is 56.9. The Labute approximate surface area is 125 Å². The van der Waals surface area contributed by atoms with Crippen LogP contribution in [0.3, 0.4) is 0 Å². The first kappa shape index (κ1) is 14.9. The van der Waals surface area contributed by atoms with Gasteiger partial charge in [-0.2, -0.15) is 13.2 Å². The molecule has 0 radical (unpaired) electrons. The van der Waals surface area contributed by atoms with E-state index in [4.69, 9.17) is 10.5 Å². The number of nitrogens with two attached hydrogens (primary N) is 1. The second-order valence-electron chi connectivity index (χ2n) is 3.93. The van der Waals surface area contributed by atoms with Crippen molar-refractivity contribution in [2.45, 2.75) is 6.18 Å². The van der Waals surface area contributed by atoms with E-state index < -0.39 is 17.6 Å². The maximum atomic E-state index is 13.1. The number of anilines is 1. The highest BCUT2D eigenvalue weighted by Gasteiger charge is 2.34. The number of benzene rings is 2. The molecular weight excluding hydrogens is 389 g/mol. The van der Waals surface area contributed by atoms with Crippen LogP contribution in [0.2, 0.25) is 0 Å². The van der Waals surface area contributed by atoms with E-state index >= 15 is 0 Å². The quantitative estimate of drug-likeness (QED) is 0.448. The van der Waals surface area contributed by atoms with Crippen LogP contribution in [0.1, 0.15) is 5.56 Å². The fourth-order valence-corrected chi connectivity index (χ4v) is 2.16. The Bertz CT molecular complexity index is 643. The summed E-state index contributed by atoms with van der Waals surface area (Å²) in [5.74, 6) is -1.09. The molecule has 7 heteroatoms. The van der Waals surface area contributed by atoms with Crippen LogP contribution in [0.4, 0.5) is 23.2 Å². The smallest absolute Gasteiger partial charge is 0.419 e. The molecule has 0 atom stereocenters. The van der Waals surface area contributed by atoms with Crippen LogP contribution in [0.5, 0.6) is 11.5 Å². The van der Waals surface area contributed by atoms with Crippen LogP contribution in [0.25, 0.3) is 0 Å². The second kappa shape index (κ2) is 5.47. The average Bonchev–Trinajstić information content (AvgIpc) is 2.33. The normalized spacial score (nSPS) is 11.4. The molecule has 0 aliphatic rings. The van der Waals surface area contributed by atoms with Crippen LogP contribution in [-0.2, 0) is 6.18 Å². The first-order valence-corrected chi connectivity index (χ1v) is 6.45. The van der Waals surface area contributed by atoms with Gasteiger partial charge >= 0.3 is 6.18 Å². The molecule has 2 rings (SSSR count). The summed E-state index contributed by atoms with van der Waals surface area (Å²) in [5.41, 5.74) is 4.71. The van der Waals surface area contributed by atoms with E-state index in [1.165, 1.54) is 6.07 Å². The van der Waals surface area contributed by atoms with Gasteiger partial charge in [0.25, 0.3) is 0 Å². The highest BCUT2D eigenvalue weighted by atomic mass is 127. The van der Waals surface area contributed by atoms with Gasteiger partial charge in [0.1, 0.15) is 17.3 Å². The third-order valence-electron chi connectivity index (χ3n) is 2.43. The molecule has 0 bridgehead atoms. The Hall–Kier alpha value is -1.51. The van der Waals surface area contributed by atoms with E-state index in [0.29, 0.717) is 21.1 Å². The largest absolute Gasteiger partial charge is 0.456 e. The summed E-state index contributed by atoms with van der Waals surface area (Å²) in [6.07, 6.45) is -4.77. The van der Waals surface area contributed by atoms with E-state index in [0.717, 1.165) is 12.1 Å². The van der Waals surface area contributed by atoms with Crippen molar-refractivity contribution in [1.82, 2.24) is 0 Å². The van der Waals surface area contributed by atoms with E-state index in [1.807, 2.05) is 22.6 Å². The summed E-state index contributed by atoms with van der Waals surface area (Å²) >= 11 is 1.94. The minimum atomic E-state index is -4.77. The van der Waals surface area contributed by atoms with E-state index in [-0.39, 0.29) is 5.75 Å². The van der Waals surface area contributed by atoms with Gasteiger partial charge in [0, 0.05) is 5.69 Å². The lowest BCUT2D eigenvalue weighted by atomic mass is 10.2. The molecule has 2 aromatic rings. The summed E-state index contributed by atoms with van der Waals surface area (Å²) in [5, 5.41) is 0. The van der Waals surface area contributed by atoms with Gasteiger partial charge < -0.3 is 10.5 Å². The van der Waals surface area contributed by atoms with Crippen LogP contribution in [-0.4, -0.2) is 0 Å². The highest BCUT2D eigenvalue weighted by molar-refractivity contribution is 14.1. The molecule has 0 saturated carbocycles. The van der Waals surface area contributed by atoms with Crippen molar-refractivity contribution in [1.29, 1.82) is 0 Å². The fourth-order valence-electron chi connectivity index (χ4n) is 1.51. The van der Waals surface area contributed by atoms with Gasteiger partial charge in [0.05, 0.1) is 9.13 Å². The lowest BCUT2D eigenvalue weighted by Gasteiger charge is -2.12. The van der Waals surface area contributed by atoms with Gasteiger partial charge in [-0.25, -0.2) is 4.39 Å². The first-order valence-electron chi connectivity index (χ1n) is 5.37. The maximum absolute atomic E-state index is 13.1. The maximum Gasteiger partial charge on any atom is 0.419 e. The van der Waals surface area contributed by atoms with Crippen molar-refractivity contribution >= 4 is 28.3 Å². The molecule has 0 spiro atoms. The highest BCUT2D eigenvalue weighted by Crippen LogP contribution is 2.35. The molecule has 0 heterocycles. The average molecular weight is 397 g/mol. The van der Waals surface area contributed by atoms with E-state index in [9.17, 15) is 17.6 Å². The fraction of sp³-hybridized carbons (Fsp3) is 0.0769. The molecule has 0 amide bonds. The molecule has 20 heavy (non-hydrogen) atoms. The molecule has 0 unspecified atom stereocenters. The van der Waals surface area contributed by atoms with Crippen molar-refractivity contribution in [2.24, 2.45) is 0 Å². The van der Waals surface area contributed by atoms with Crippen LogP contribution in [0.15, 0.2) is 36.4 Å². The van der Waals surface area contributed by atoms with Gasteiger partial charge in [-0.3, -0.25) is 0 Å². The number of rotatable bonds is 2. The Morgan fingerprint density at radius 1 is 1.05 bits per heavy atom. The van der Waals surface area contributed by atoms with Crippen molar-refractivity contribution in [3.63, 3.8) is 0 Å². The molecular formula is C13H8F4INO. The predicted molar refractivity (Wildman–Crippen MR) is 75.0 cm³/mol. The lowest BCUT2D eigenvalue weighted by molar-refractivity contribution is -0.140. The number of hydrogen-bond donors (Lipinski definition) is 1. The van der Waals surface area contributed by atoms with Crippen molar-refractivity contribution in [3.05, 3.63) is 51.3 Å². The first-order chi connectivity index (χ1) is 9.27. The number of halogens is 5. The third kappa shape index (κ3) is 3.33. The molecule has 106 valence electrons. The van der Waals surface area contributed by atoms with Crippen molar-refractivity contribution < 1.29 is 22.3 Å². The molecule has 0 aliphatic heterocycles. The minimum absolute atomic E-state index is 0.0959. The lowest BCUT2D eigenvalue weighted by Crippen LogP contribution is -2.08. The zero-order valence-corrected chi connectivity index (χ0v) is 12.0. The zero-order chi connectivity index (χ0) is 14.9. The Morgan fingerprint density at radius 3 is 2.35 bits per heavy atom. The SMILES string of the molecule is Nc1ccc(Oc2ccc(F)c(C(F)(F)F)c2)c(I)c1. The molecule has 0 fully saturated rings. The Morgan fingerprint density at radius 2 is 1.75 bits per heavy atom. The van der Waals surface area contributed by atoms with Gasteiger partial charge in [-0.15, -0.1) is 0 Å². The standard InChI is InChI=1S/C13H8F4INO/c14-10-3-2-8(6-9(10)13(15,16)17)20-12-4-1-7(19)5-11(12)18/h1-6H,19H2. The third-order valence-corrected chi connectivity index (χ3v) is 3.27. The number of alkyl halides is 3. The summed E-state index contributed by atoms with van der Waals surface area (Å²) in [4.78, 5) is 0. The summed E-state index contributed by atoms with van der Waals surface area (Å²) in [6, 6.07) is 7.20. The molecule has 0 saturated heterocycles. The van der Waals surface area contributed by atoms with Gasteiger partial charge in [-0.05, 0) is 59.0 Å². The molecule has 2 N–H and O–H groups in total. The molecule has 2 nitrogen and oxygen atoms in total. The predicted octanol–water partition coefficient (Wildman–Crippen LogP) is 4.82. The minimum Gasteiger partial charge on any atom is -0.456 e. The Balaban J connectivity index is 2.35. The summed E-state index contributed by atoms with van der Waals surface area (Å²) in [6.45, 7) is 0. The van der Waals surface area contributed by atoms with Gasteiger partial charge in [0.15, 0.2) is 0 Å². The Kier molecular flexibility index (Phi) is 4.07. The zero-order valence-electron chi connectivity index (χ0n) is 9.84. The van der Waals surface area contributed by atoms with E-state index in [1.54, 1.807) is 12.1 Å². The molecule has 2 aromatic carbocycles. The van der Waals surface area contributed by atoms with Crippen molar-refractivity contribution in [2.75, 3.05) is 5.73 Å². The van der Waals surface area contributed by atoms with Crippen LogP contribution in [0, 0.1) is 9.39 Å². The number of ether oxygens (including phenoxy) is 1. The van der Waals surface area contributed by atoms with Crippen molar-refractivity contribution in [3.8, 4) is 11.5 Å². The van der Waals surface area contributed by atoms with Crippen LogP contribution >= 0.6 is 22.6 Å². The molecule has 0 aromatic heterocycles. The molecule has 0 aliphatic carbocycles. The topological polar surface area (TPSA) is 35.2 Å². The monoisotopic (exact) mass is 397 g/mol. The van der Waals surface area contributed by atoms with Gasteiger partial charge in [0.2, 0.25) is 0 Å². The van der Waals surface area contributed by atoms with Crippen LogP contribution < -0.4 is 10.5 Å². The summed E-state index contributed by atoms with van der Waals surface area (Å²) in [7, 11) is 0. The van der Waals surface area contributed by atoms with Gasteiger partial charge in [-0.1, -0.05) is 0 Å². The second-order valence-corrected chi connectivity index (χ2v) is 5.09.